The van der Waals surface area contributed by atoms with E-state index < -0.39 is 35.6 Å². The zero-order chi connectivity index (χ0) is 22.3. The Labute approximate surface area is 186 Å². The molecule has 31 heavy (non-hydrogen) atoms. The van der Waals surface area contributed by atoms with Crippen molar-refractivity contribution < 1.29 is 24.0 Å². The molecule has 0 aliphatic carbocycles. The summed E-state index contributed by atoms with van der Waals surface area (Å²) in [5.74, 6) is -2.79. The van der Waals surface area contributed by atoms with Gasteiger partial charge >= 0.3 is 0 Å². The monoisotopic (exact) mass is 459 g/mol. The summed E-state index contributed by atoms with van der Waals surface area (Å²) in [5.41, 5.74) is 0.997. The Morgan fingerprint density at radius 2 is 1.84 bits per heavy atom. The van der Waals surface area contributed by atoms with Gasteiger partial charge in [0, 0.05) is 18.5 Å². The fourth-order valence-electron chi connectivity index (χ4n) is 3.65. The number of nitrogens with zero attached hydrogens (tertiary/aromatic N) is 1. The second-order valence-electron chi connectivity index (χ2n) is 7.10. The predicted octanol–water partition coefficient (Wildman–Crippen LogP) is 2.32. The number of fused-ring (bicyclic) bond motifs is 1. The van der Waals surface area contributed by atoms with E-state index in [-0.39, 0.29) is 41.1 Å². The highest BCUT2D eigenvalue weighted by atomic mass is 35.5. The van der Waals surface area contributed by atoms with Crippen molar-refractivity contribution >= 4 is 52.7 Å². The van der Waals surface area contributed by atoms with Crippen molar-refractivity contribution in [3.8, 4) is 0 Å². The summed E-state index contributed by atoms with van der Waals surface area (Å²) < 4.78 is 0. The third kappa shape index (κ3) is 3.80. The zero-order valence-corrected chi connectivity index (χ0v) is 17.4. The van der Waals surface area contributed by atoms with Crippen molar-refractivity contribution in [1.82, 2.24) is 15.5 Å². The first kappa shape index (κ1) is 21.0. The summed E-state index contributed by atoms with van der Waals surface area (Å²) >= 11 is 11.8. The molecule has 2 aromatic carbocycles. The Morgan fingerprint density at radius 1 is 1.06 bits per heavy atom. The first-order valence-corrected chi connectivity index (χ1v) is 10.1. The number of imide groups is 2. The van der Waals surface area contributed by atoms with Crippen LogP contribution >= 0.6 is 23.2 Å². The van der Waals surface area contributed by atoms with Crippen LogP contribution in [0.1, 0.15) is 49.5 Å². The molecule has 2 aromatic rings. The minimum atomic E-state index is -1.05. The van der Waals surface area contributed by atoms with E-state index in [1.165, 1.54) is 24.3 Å². The molecule has 5 amide bonds. The summed E-state index contributed by atoms with van der Waals surface area (Å²) in [6, 6.07) is 8.09. The number of benzene rings is 2. The second-order valence-corrected chi connectivity index (χ2v) is 7.91. The number of amides is 5. The first-order chi connectivity index (χ1) is 14.8. The van der Waals surface area contributed by atoms with Gasteiger partial charge in [-0.15, -0.1) is 0 Å². The molecule has 1 unspecified atom stereocenters. The third-order valence-electron chi connectivity index (χ3n) is 5.18. The molecular weight excluding hydrogens is 445 g/mol. The van der Waals surface area contributed by atoms with Gasteiger partial charge in [0.05, 0.1) is 21.2 Å². The van der Waals surface area contributed by atoms with E-state index in [4.69, 9.17) is 23.2 Å². The van der Waals surface area contributed by atoms with Crippen molar-refractivity contribution in [2.24, 2.45) is 0 Å². The number of rotatable bonds is 4. The van der Waals surface area contributed by atoms with Gasteiger partial charge in [-0.2, -0.15) is 0 Å². The Balaban J connectivity index is 1.56. The highest BCUT2D eigenvalue weighted by molar-refractivity contribution is 6.42. The molecule has 2 heterocycles. The lowest BCUT2D eigenvalue weighted by molar-refractivity contribution is -0.136. The lowest BCUT2D eigenvalue weighted by Crippen LogP contribution is -2.54. The van der Waals surface area contributed by atoms with Gasteiger partial charge in [0.15, 0.2) is 0 Å². The van der Waals surface area contributed by atoms with Crippen molar-refractivity contribution in [1.29, 1.82) is 0 Å². The van der Waals surface area contributed by atoms with Crippen LogP contribution in [-0.4, -0.2) is 40.5 Å². The number of hydrogen-bond donors (Lipinski definition) is 2. The van der Waals surface area contributed by atoms with E-state index in [0.29, 0.717) is 10.6 Å². The van der Waals surface area contributed by atoms with Gasteiger partial charge in [0.25, 0.3) is 17.7 Å². The quantitative estimate of drug-likeness (QED) is 0.681. The average molecular weight is 460 g/mol. The average Bonchev–Trinajstić information content (AvgIpc) is 2.99. The van der Waals surface area contributed by atoms with E-state index in [1.54, 1.807) is 12.1 Å². The predicted molar refractivity (Wildman–Crippen MR) is 111 cm³/mol. The highest BCUT2D eigenvalue weighted by Crippen LogP contribution is 2.30. The maximum absolute atomic E-state index is 13.0. The van der Waals surface area contributed by atoms with Gasteiger partial charge in [-0.1, -0.05) is 35.3 Å². The molecule has 8 nitrogen and oxygen atoms in total. The van der Waals surface area contributed by atoms with Crippen molar-refractivity contribution in [2.45, 2.75) is 25.4 Å². The van der Waals surface area contributed by atoms with Gasteiger partial charge < -0.3 is 5.32 Å². The van der Waals surface area contributed by atoms with Crippen LogP contribution in [0, 0.1) is 0 Å². The molecule has 158 valence electrons. The standard InChI is InChI=1S/C21H15Cl2N3O5/c22-13-5-4-10(8-14(13)23)18(28)24-9-11-2-1-3-12-17(11)21(31)26(20(12)30)15-6-7-16(27)25-19(15)29/h1-5,8,15H,6-7,9H2,(H,24,28)(H,25,27,29). The fourth-order valence-corrected chi connectivity index (χ4v) is 3.95. The third-order valence-corrected chi connectivity index (χ3v) is 5.91. The van der Waals surface area contributed by atoms with Gasteiger partial charge in [0.2, 0.25) is 11.8 Å². The summed E-state index contributed by atoms with van der Waals surface area (Å²) in [6.45, 7) is -0.0234. The van der Waals surface area contributed by atoms with Crippen LogP contribution in [0.25, 0.3) is 0 Å². The molecule has 0 spiro atoms. The van der Waals surface area contributed by atoms with Crippen LogP contribution in [0.15, 0.2) is 36.4 Å². The summed E-state index contributed by atoms with van der Waals surface area (Å²) in [4.78, 5) is 62.8. The van der Waals surface area contributed by atoms with Crippen LogP contribution in [0.2, 0.25) is 10.0 Å². The smallest absolute Gasteiger partial charge is 0.262 e. The molecule has 0 aromatic heterocycles. The van der Waals surface area contributed by atoms with Gasteiger partial charge in [-0.3, -0.25) is 34.2 Å². The molecule has 0 saturated carbocycles. The maximum Gasteiger partial charge on any atom is 0.262 e. The van der Waals surface area contributed by atoms with Gasteiger partial charge in [0.1, 0.15) is 6.04 Å². The number of carbonyl (C=O) groups is 5. The minimum absolute atomic E-state index is 0.0234. The van der Waals surface area contributed by atoms with E-state index in [2.05, 4.69) is 10.6 Å². The van der Waals surface area contributed by atoms with Crippen LogP contribution in [0.3, 0.4) is 0 Å². The summed E-state index contributed by atoms with van der Waals surface area (Å²) in [7, 11) is 0. The molecule has 1 atom stereocenters. The molecule has 0 radical (unpaired) electrons. The molecular formula is C21H15Cl2N3O5. The SMILES string of the molecule is O=C1CCC(N2C(=O)c3cccc(CNC(=O)c4ccc(Cl)c(Cl)c4)c3C2=O)C(=O)N1. The highest BCUT2D eigenvalue weighted by Gasteiger charge is 2.45. The molecule has 4 rings (SSSR count). The number of halogens is 2. The molecule has 1 fully saturated rings. The van der Waals surface area contributed by atoms with E-state index >= 15 is 0 Å². The summed E-state index contributed by atoms with van der Waals surface area (Å²) in [6.07, 6.45) is 0.107. The lowest BCUT2D eigenvalue weighted by Gasteiger charge is -2.27. The zero-order valence-electron chi connectivity index (χ0n) is 15.9. The van der Waals surface area contributed by atoms with E-state index in [9.17, 15) is 24.0 Å². The Morgan fingerprint density at radius 3 is 2.55 bits per heavy atom. The number of carbonyl (C=O) groups excluding carboxylic acids is 5. The van der Waals surface area contributed by atoms with Crippen LogP contribution < -0.4 is 10.6 Å². The Kier molecular flexibility index (Phi) is 5.51. The number of hydrogen-bond acceptors (Lipinski definition) is 5. The van der Waals surface area contributed by atoms with Crippen LogP contribution in [-0.2, 0) is 16.1 Å². The number of nitrogens with one attached hydrogen (secondary N) is 2. The molecule has 2 aliphatic rings. The second kappa shape index (κ2) is 8.13. The molecule has 1 saturated heterocycles. The molecule has 2 N–H and O–H groups in total. The molecule has 2 aliphatic heterocycles. The van der Waals surface area contributed by atoms with E-state index in [1.807, 2.05) is 0 Å². The maximum atomic E-state index is 13.0. The van der Waals surface area contributed by atoms with Crippen LogP contribution in [0.4, 0.5) is 0 Å². The number of piperidine rings is 1. The minimum Gasteiger partial charge on any atom is -0.348 e. The van der Waals surface area contributed by atoms with Crippen molar-refractivity contribution in [3.05, 3.63) is 68.7 Å². The Hall–Kier alpha value is -3.23. The first-order valence-electron chi connectivity index (χ1n) is 9.34. The largest absolute Gasteiger partial charge is 0.348 e. The topological polar surface area (TPSA) is 113 Å². The molecule has 0 bridgehead atoms. The molecule has 10 heteroatoms. The van der Waals surface area contributed by atoms with Gasteiger partial charge in [-0.25, -0.2) is 0 Å². The van der Waals surface area contributed by atoms with Crippen LogP contribution in [0.5, 0.6) is 0 Å². The normalized spacial score (nSPS) is 18.1. The van der Waals surface area contributed by atoms with E-state index in [0.717, 1.165) is 4.90 Å². The lowest BCUT2D eigenvalue weighted by atomic mass is 10.0. The Bertz CT molecular complexity index is 1160. The fraction of sp³-hybridized carbons (Fsp3) is 0.190. The van der Waals surface area contributed by atoms with Crippen molar-refractivity contribution in [2.75, 3.05) is 0 Å². The van der Waals surface area contributed by atoms with Gasteiger partial charge in [-0.05, 0) is 36.2 Å². The summed E-state index contributed by atoms with van der Waals surface area (Å²) in [5, 5.41) is 5.39. The van der Waals surface area contributed by atoms with Crippen molar-refractivity contribution in [3.63, 3.8) is 0 Å².